The summed E-state index contributed by atoms with van der Waals surface area (Å²) in [7, 11) is -3.82. The number of carbonyl (C=O) groups excluding carboxylic acids is 2. The highest BCUT2D eigenvalue weighted by molar-refractivity contribution is 7.92. The van der Waals surface area contributed by atoms with Gasteiger partial charge in [0.05, 0.1) is 11.9 Å². The highest BCUT2D eigenvalue weighted by Crippen LogP contribution is 2.36. The number of hydrogen-bond donors (Lipinski definition) is 1. The summed E-state index contributed by atoms with van der Waals surface area (Å²) >= 11 is 0. The molecule has 2 aromatic rings. The Bertz CT molecular complexity index is 1180. The van der Waals surface area contributed by atoms with Gasteiger partial charge in [-0.3, -0.25) is 13.9 Å². The molecule has 0 fully saturated rings. The molecule has 0 spiro atoms. The van der Waals surface area contributed by atoms with Gasteiger partial charge in [0.25, 0.3) is 0 Å². The van der Waals surface area contributed by atoms with Crippen LogP contribution in [0.5, 0.6) is 11.5 Å². The zero-order chi connectivity index (χ0) is 25.8. The quantitative estimate of drug-likeness (QED) is 0.535. The largest absolute Gasteiger partial charge is 0.454 e. The number of nitrogens with zero attached hydrogens (tertiary/aromatic N) is 2. The number of sulfonamides is 1. The monoisotopic (exact) mass is 503 g/mol. The number of amides is 2. The van der Waals surface area contributed by atoms with Gasteiger partial charge in [0.15, 0.2) is 11.5 Å². The number of hydrogen-bond acceptors (Lipinski definition) is 6. The van der Waals surface area contributed by atoms with Gasteiger partial charge in [0, 0.05) is 19.2 Å². The maximum atomic E-state index is 13.6. The number of ether oxygens (including phenoxy) is 2. The molecule has 1 atom stereocenters. The van der Waals surface area contributed by atoms with Gasteiger partial charge in [0.1, 0.15) is 12.6 Å². The zero-order valence-electron chi connectivity index (χ0n) is 20.8. The summed E-state index contributed by atoms with van der Waals surface area (Å²) in [6.45, 7) is 7.76. The van der Waals surface area contributed by atoms with Crippen LogP contribution in [0.4, 0.5) is 5.69 Å². The van der Waals surface area contributed by atoms with E-state index in [1.54, 1.807) is 19.1 Å². The third-order valence-corrected chi connectivity index (χ3v) is 6.92. The topological polar surface area (TPSA) is 105 Å². The average Bonchev–Trinajstić information content (AvgIpc) is 3.27. The molecule has 10 heteroatoms. The molecule has 1 aliphatic heterocycles. The van der Waals surface area contributed by atoms with Gasteiger partial charge in [-0.1, -0.05) is 38.1 Å². The number of rotatable bonds is 10. The first-order valence-electron chi connectivity index (χ1n) is 11.5. The molecule has 190 valence electrons. The summed E-state index contributed by atoms with van der Waals surface area (Å²) in [6.07, 6.45) is 1.04. The van der Waals surface area contributed by atoms with Crippen LogP contribution in [-0.2, 0) is 26.2 Å². The smallest absolute Gasteiger partial charge is 0.244 e. The highest BCUT2D eigenvalue weighted by Gasteiger charge is 2.31. The molecule has 9 nitrogen and oxygen atoms in total. The van der Waals surface area contributed by atoms with Crippen molar-refractivity contribution in [1.82, 2.24) is 10.2 Å². The number of carbonyl (C=O) groups is 2. The summed E-state index contributed by atoms with van der Waals surface area (Å²) in [6, 6.07) is 11.5. The summed E-state index contributed by atoms with van der Waals surface area (Å²) < 4.78 is 37.1. The fraction of sp³-hybridized carbons (Fsp3) is 0.440. The van der Waals surface area contributed by atoms with Crippen molar-refractivity contribution >= 4 is 27.5 Å². The molecule has 0 aliphatic carbocycles. The molecule has 0 bridgehead atoms. The molecule has 1 aliphatic rings. The van der Waals surface area contributed by atoms with E-state index in [0.717, 1.165) is 21.7 Å². The highest BCUT2D eigenvalue weighted by atomic mass is 32.2. The third kappa shape index (κ3) is 6.66. The Kier molecular flexibility index (Phi) is 8.26. The lowest BCUT2D eigenvalue weighted by Gasteiger charge is -2.32. The fourth-order valence-corrected chi connectivity index (χ4v) is 4.50. The fourth-order valence-electron chi connectivity index (χ4n) is 3.66. The van der Waals surface area contributed by atoms with Gasteiger partial charge in [-0.2, -0.15) is 0 Å². The first-order chi connectivity index (χ1) is 16.5. The van der Waals surface area contributed by atoms with Crippen LogP contribution in [0, 0.1) is 12.8 Å². The van der Waals surface area contributed by atoms with Crippen LogP contribution in [0.15, 0.2) is 42.5 Å². The summed E-state index contributed by atoms with van der Waals surface area (Å²) in [5.74, 6) is 0.364. The lowest BCUT2D eigenvalue weighted by molar-refractivity contribution is -0.139. The predicted molar refractivity (Wildman–Crippen MR) is 134 cm³/mol. The lowest BCUT2D eigenvalue weighted by Crippen LogP contribution is -2.51. The Labute approximate surface area is 207 Å². The van der Waals surface area contributed by atoms with Gasteiger partial charge in [-0.05, 0) is 43.0 Å². The maximum absolute atomic E-state index is 13.6. The molecule has 35 heavy (non-hydrogen) atoms. The van der Waals surface area contributed by atoms with Gasteiger partial charge in [0.2, 0.25) is 28.6 Å². The van der Waals surface area contributed by atoms with Crippen molar-refractivity contribution in [3.63, 3.8) is 0 Å². The van der Waals surface area contributed by atoms with E-state index < -0.39 is 28.5 Å². The summed E-state index contributed by atoms with van der Waals surface area (Å²) in [5.41, 5.74) is 2.12. The molecule has 1 heterocycles. The van der Waals surface area contributed by atoms with Crippen molar-refractivity contribution in [2.24, 2.45) is 5.92 Å². The van der Waals surface area contributed by atoms with E-state index in [0.29, 0.717) is 18.0 Å². The van der Waals surface area contributed by atoms with E-state index in [1.807, 2.05) is 45.0 Å². The molecular formula is C25H33N3O6S. The number of benzene rings is 2. The molecule has 1 N–H and O–H groups in total. The van der Waals surface area contributed by atoms with Crippen molar-refractivity contribution < 1.29 is 27.5 Å². The summed E-state index contributed by atoms with van der Waals surface area (Å²) in [4.78, 5) is 27.9. The number of aryl methyl sites for hydroxylation is 1. The number of fused-ring (bicyclic) bond motifs is 1. The number of nitrogens with one attached hydrogen (secondary N) is 1. The third-order valence-electron chi connectivity index (χ3n) is 5.78. The zero-order valence-corrected chi connectivity index (χ0v) is 21.6. The van der Waals surface area contributed by atoms with Gasteiger partial charge < -0.3 is 19.7 Å². The Morgan fingerprint density at radius 3 is 2.40 bits per heavy atom. The minimum absolute atomic E-state index is 0.0454. The van der Waals surface area contributed by atoms with Crippen LogP contribution in [0.25, 0.3) is 0 Å². The molecule has 1 unspecified atom stereocenters. The Hall–Kier alpha value is -3.27. The Morgan fingerprint density at radius 1 is 1.06 bits per heavy atom. The average molecular weight is 504 g/mol. The van der Waals surface area contributed by atoms with Gasteiger partial charge >= 0.3 is 0 Å². The van der Waals surface area contributed by atoms with E-state index in [9.17, 15) is 18.0 Å². The molecule has 2 aromatic carbocycles. The molecular weight excluding hydrogens is 470 g/mol. The normalized spacial score (nSPS) is 13.4. The first kappa shape index (κ1) is 26.3. The van der Waals surface area contributed by atoms with E-state index >= 15 is 0 Å². The predicted octanol–water partition coefficient (Wildman–Crippen LogP) is 2.68. The second-order valence-corrected chi connectivity index (χ2v) is 11.0. The van der Waals surface area contributed by atoms with Crippen LogP contribution in [-0.4, -0.2) is 57.3 Å². The van der Waals surface area contributed by atoms with Crippen LogP contribution < -0.4 is 19.1 Å². The molecule has 3 rings (SSSR count). The van der Waals surface area contributed by atoms with E-state index in [1.165, 1.54) is 11.0 Å². The second-order valence-electron chi connectivity index (χ2n) is 9.07. The van der Waals surface area contributed by atoms with Crippen LogP contribution in [0.1, 0.15) is 31.9 Å². The molecule has 2 amide bonds. The number of anilines is 1. The maximum Gasteiger partial charge on any atom is 0.244 e. The van der Waals surface area contributed by atoms with E-state index in [4.69, 9.17) is 9.47 Å². The molecule has 0 radical (unpaired) electrons. The molecule has 0 saturated carbocycles. The molecule has 0 aromatic heterocycles. The van der Waals surface area contributed by atoms with Crippen molar-refractivity contribution in [1.29, 1.82) is 0 Å². The second kappa shape index (κ2) is 11.0. The molecule has 0 saturated heterocycles. The van der Waals surface area contributed by atoms with Crippen molar-refractivity contribution in [3.8, 4) is 11.5 Å². The van der Waals surface area contributed by atoms with E-state index in [2.05, 4.69) is 5.32 Å². The van der Waals surface area contributed by atoms with Gasteiger partial charge in [-0.15, -0.1) is 0 Å². The van der Waals surface area contributed by atoms with Crippen LogP contribution >= 0.6 is 0 Å². The SMILES string of the molecule is Cc1ccccc1CN(C(=O)CN(c1ccc2c(c1)OCO2)S(C)(=O)=O)C(C)C(=O)NCC(C)C. The Balaban J connectivity index is 1.90. The summed E-state index contributed by atoms with van der Waals surface area (Å²) in [5, 5.41) is 2.87. The van der Waals surface area contributed by atoms with Crippen molar-refractivity contribution in [2.45, 2.75) is 40.3 Å². The van der Waals surface area contributed by atoms with Gasteiger partial charge in [-0.25, -0.2) is 8.42 Å². The van der Waals surface area contributed by atoms with Crippen LogP contribution in [0.2, 0.25) is 0 Å². The van der Waals surface area contributed by atoms with Crippen molar-refractivity contribution in [2.75, 3.05) is 30.4 Å². The van der Waals surface area contributed by atoms with Crippen molar-refractivity contribution in [3.05, 3.63) is 53.6 Å². The van der Waals surface area contributed by atoms with Crippen LogP contribution in [0.3, 0.4) is 0 Å². The minimum atomic E-state index is -3.82. The Morgan fingerprint density at radius 2 is 1.74 bits per heavy atom. The standard InChI is InChI=1S/C25H33N3O6S/c1-17(2)13-26-25(30)19(4)27(14-20-9-7-6-8-18(20)3)24(29)15-28(35(5,31)32)21-10-11-22-23(12-21)34-16-33-22/h6-12,17,19H,13-16H2,1-5H3,(H,26,30). The van der Waals surface area contributed by atoms with E-state index in [-0.39, 0.29) is 30.9 Å². The lowest BCUT2D eigenvalue weighted by atomic mass is 10.1. The minimum Gasteiger partial charge on any atom is -0.454 e. The first-order valence-corrected chi connectivity index (χ1v) is 13.3.